The van der Waals surface area contributed by atoms with Gasteiger partial charge in [-0.3, -0.25) is 9.69 Å². The minimum absolute atomic E-state index is 0.0123. The largest absolute Gasteiger partial charge is 0.354 e. The zero-order valence-electron chi connectivity index (χ0n) is 12.9. The van der Waals surface area contributed by atoms with Gasteiger partial charge < -0.3 is 5.32 Å². The van der Waals surface area contributed by atoms with E-state index in [1.165, 1.54) is 19.3 Å². The van der Waals surface area contributed by atoms with Crippen molar-refractivity contribution in [1.82, 2.24) is 10.2 Å². The van der Waals surface area contributed by atoms with Gasteiger partial charge in [-0.15, -0.1) is 0 Å². The van der Waals surface area contributed by atoms with Crippen molar-refractivity contribution >= 4 is 17.5 Å². The number of hydrogen-bond donors (Lipinski definition) is 1. The quantitative estimate of drug-likeness (QED) is 0.900. The molecule has 0 spiro atoms. The Hall–Kier alpha value is -1.06. The molecule has 1 N–H and O–H groups in total. The highest BCUT2D eigenvalue weighted by Crippen LogP contribution is 2.29. The first-order valence-electron chi connectivity index (χ1n) is 7.85. The van der Waals surface area contributed by atoms with Gasteiger partial charge in [-0.2, -0.15) is 0 Å². The fourth-order valence-electron chi connectivity index (χ4n) is 2.81. The topological polar surface area (TPSA) is 32.3 Å². The second-order valence-electron chi connectivity index (χ2n) is 6.03. The summed E-state index contributed by atoms with van der Waals surface area (Å²) in [5.74, 6) is 0.113. The fraction of sp³-hybridized carbons (Fsp3) is 0.588. The maximum absolute atomic E-state index is 11.9. The van der Waals surface area contributed by atoms with Crippen LogP contribution in [0.2, 0.25) is 5.02 Å². The number of amides is 1. The molecule has 3 nitrogen and oxygen atoms in total. The molecule has 21 heavy (non-hydrogen) atoms. The van der Waals surface area contributed by atoms with E-state index >= 15 is 0 Å². The average molecular weight is 309 g/mol. The van der Waals surface area contributed by atoms with E-state index in [0.717, 1.165) is 23.7 Å². The number of rotatable bonds is 5. The van der Waals surface area contributed by atoms with Gasteiger partial charge in [-0.05, 0) is 37.6 Å². The van der Waals surface area contributed by atoms with Crippen molar-refractivity contribution in [1.29, 1.82) is 0 Å². The minimum atomic E-state index is 0.0123. The number of benzene rings is 1. The third kappa shape index (κ3) is 4.45. The lowest BCUT2D eigenvalue weighted by atomic mass is 10.0. The van der Waals surface area contributed by atoms with Crippen LogP contribution in [0.1, 0.15) is 44.7 Å². The van der Waals surface area contributed by atoms with Crippen LogP contribution in [0.5, 0.6) is 0 Å². The van der Waals surface area contributed by atoms with E-state index in [2.05, 4.69) is 16.3 Å². The summed E-state index contributed by atoms with van der Waals surface area (Å²) in [5.41, 5.74) is 1.12. The Morgan fingerprint density at radius 2 is 1.90 bits per heavy atom. The molecule has 1 aliphatic heterocycles. The standard InChI is InChI=1S/C17H25ClN2O/c1-13(2)17(21)19-12-16(20-10-6-3-7-11-20)14-8-4-5-9-15(14)18/h4-5,8-9,13,16H,3,6-7,10-12H2,1-2H3,(H,19,21). The zero-order chi connectivity index (χ0) is 15.2. The van der Waals surface area contributed by atoms with Gasteiger partial charge in [0, 0.05) is 17.5 Å². The van der Waals surface area contributed by atoms with Crippen LogP contribution in [0.3, 0.4) is 0 Å². The van der Waals surface area contributed by atoms with E-state index in [1.807, 2.05) is 32.0 Å². The molecule has 1 heterocycles. The van der Waals surface area contributed by atoms with Crippen molar-refractivity contribution in [2.75, 3.05) is 19.6 Å². The van der Waals surface area contributed by atoms with Gasteiger partial charge in [0.25, 0.3) is 0 Å². The number of nitrogens with one attached hydrogen (secondary N) is 1. The van der Waals surface area contributed by atoms with Crippen LogP contribution in [0.25, 0.3) is 0 Å². The highest BCUT2D eigenvalue weighted by atomic mass is 35.5. The number of carbonyl (C=O) groups excluding carboxylic acids is 1. The predicted octanol–water partition coefficient (Wildman–Crippen LogP) is 3.64. The maximum Gasteiger partial charge on any atom is 0.222 e. The van der Waals surface area contributed by atoms with Crippen LogP contribution >= 0.6 is 11.6 Å². The monoisotopic (exact) mass is 308 g/mol. The number of hydrogen-bond acceptors (Lipinski definition) is 2. The lowest BCUT2D eigenvalue weighted by Gasteiger charge is -2.35. The summed E-state index contributed by atoms with van der Waals surface area (Å²) in [7, 11) is 0. The molecular weight excluding hydrogens is 284 g/mol. The molecule has 1 aliphatic rings. The Morgan fingerprint density at radius 3 is 2.52 bits per heavy atom. The van der Waals surface area contributed by atoms with Gasteiger partial charge in [0.2, 0.25) is 5.91 Å². The third-order valence-electron chi connectivity index (χ3n) is 4.09. The van der Waals surface area contributed by atoms with E-state index in [4.69, 9.17) is 11.6 Å². The molecule has 0 radical (unpaired) electrons. The zero-order valence-corrected chi connectivity index (χ0v) is 13.7. The lowest BCUT2D eigenvalue weighted by Crippen LogP contribution is -2.41. The van der Waals surface area contributed by atoms with Crippen molar-refractivity contribution in [2.24, 2.45) is 5.92 Å². The second-order valence-corrected chi connectivity index (χ2v) is 6.44. The molecule has 2 rings (SSSR count). The van der Waals surface area contributed by atoms with Gasteiger partial charge in [0.15, 0.2) is 0 Å². The third-order valence-corrected chi connectivity index (χ3v) is 4.43. The summed E-state index contributed by atoms with van der Waals surface area (Å²) >= 11 is 6.38. The molecule has 0 aromatic heterocycles. The number of carbonyl (C=O) groups is 1. The summed E-state index contributed by atoms with van der Waals surface area (Å²) in [6, 6.07) is 8.14. The number of piperidine rings is 1. The Morgan fingerprint density at radius 1 is 1.24 bits per heavy atom. The SMILES string of the molecule is CC(C)C(=O)NCC(c1ccccc1Cl)N1CCCCC1. The number of nitrogens with zero attached hydrogens (tertiary/aromatic N) is 1. The van der Waals surface area contributed by atoms with Gasteiger partial charge in [0.1, 0.15) is 0 Å². The van der Waals surface area contributed by atoms with Crippen LogP contribution in [0.15, 0.2) is 24.3 Å². The van der Waals surface area contributed by atoms with E-state index < -0.39 is 0 Å². The van der Waals surface area contributed by atoms with Crippen molar-refractivity contribution in [3.05, 3.63) is 34.9 Å². The van der Waals surface area contributed by atoms with Crippen molar-refractivity contribution in [3.63, 3.8) is 0 Å². The number of likely N-dealkylation sites (tertiary alicyclic amines) is 1. The summed E-state index contributed by atoms with van der Waals surface area (Å²) < 4.78 is 0. The first kappa shape index (κ1) is 16.3. The Balaban J connectivity index is 2.14. The lowest BCUT2D eigenvalue weighted by molar-refractivity contribution is -0.124. The average Bonchev–Trinajstić information content (AvgIpc) is 2.50. The van der Waals surface area contributed by atoms with E-state index in [9.17, 15) is 4.79 Å². The predicted molar refractivity (Wildman–Crippen MR) is 87.5 cm³/mol. The van der Waals surface area contributed by atoms with Crippen molar-refractivity contribution in [2.45, 2.75) is 39.2 Å². The Bertz CT molecular complexity index is 470. The van der Waals surface area contributed by atoms with Gasteiger partial charge in [-0.25, -0.2) is 0 Å². The second kappa shape index (κ2) is 7.81. The van der Waals surface area contributed by atoms with Gasteiger partial charge >= 0.3 is 0 Å². The van der Waals surface area contributed by atoms with Gasteiger partial charge in [-0.1, -0.05) is 50.1 Å². The molecule has 1 saturated heterocycles. The van der Waals surface area contributed by atoms with E-state index in [1.54, 1.807) is 0 Å². The molecule has 1 amide bonds. The van der Waals surface area contributed by atoms with E-state index in [0.29, 0.717) is 6.54 Å². The molecule has 116 valence electrons. The molecule has 1 aromatic carbocycles. The fourth-order valence-corrected chi connectivity index (χ4v) is 3.07. The summed E-state index contributed by atoms with van der Waals surface area (Å²) in [6.07, 6.45) is 3.74. The first-order chi connectivity index (χ1) is 10.1. The number of halogens is 1. The summed E-state index contributed by atoms with van der Waals surface area (Å²) in [4.78, 5) is 14.3. The smallest absolute Gasteiger partial charge is 0.222 e. The van der Waals surface area contributed by atoms with Crippen LogP contribution < -0.4 is 5.32 Å². The molecule has 0 bridgehead atoms. The summed E-state index contributed by atoms with van der Waals surface area (Å²) in [5, 5.41) is 3.85. The Labute approximate surface area is 132 Å². The molecule has 1 unspecified atom stereocenters. The highest BCUT2D eigenvalue weighted by Gasteiger charge is 2.24. The minimum Gasteiger partial charge on any atom is -0.354 e. The molecule has 1 fully saturated rings. The Kier molecular flexibility index (Phi) is 6.07. The highest BCUT2D eigenvalue weighted by molar-refractivity contribution is 6.31. The van der Waals surface area contributed by atoms with Gasteiger partial charge in [0.05, 0.1) is 6.04 Å². The molecule has 1 atom stereocenters. The first-order valence-corrected chi connectivity index (χ1v) is 8.23. The molecule has 0 aliphatic carbocycles. The molecular formula is C17H25ClN2O. The van der Waals surface area contributed by atoms with Crippen LogP contribution in [0, 0.1) is 5.92 Å². The maximum atomic E-state index is 11.9. The van der Waals surface area contributed by atoms with Crippen molar-refractivity contribution in [3.8, 4) is 0 Å². The normalized spacial score (nSPS) is 17.7. The van der Waals surface area contributed by atoms with Crippen LogP contribution in [-0.4, -0.2) is 30.4 Å². The van der Waals surface area contributed by atoms with Crippen LogP contribution in [-0.2, 0) is 4.79 Å². The molecule has 1 aromatic rings. The summed E-state index contributed by atoms with van der Waals surface area (Å²) in [6.45, 7) is 6.61. The van der Waals surface area contributed by atoms with E-state index in [-0.39, 0.29) is 17.9 Å². The van der Waals surface area contributed by atoms with Crippen molar-refractivity contribution < 1.29 is 4.79 Å². The van der Waals surface area contributed by atoms with Crippen LogP contribution in [0.4, 0.5) is 0 Å². The molecule has 4 heteroatoms. The molecule has 0 saturated carbocycles.